The van der Waals surface area contributed by atoms with E-state index >= 15 is 0 Å². The zero-order valence-electron chi connectivity index (χ0n) is 12.3. The molecule has 21 heavy (non-hydrogen) atoms. The van der Waals surface area contributed by atoms with Crippen LogP contribution in [0.15, 0.2) is 36.4 Å². The van der Waals surface area contributed by atoms with Crippen LogP contribution in [0.25, 0.3) is 0 Å². The first-order chi connectivity index (χ1) is 10.1. The minimum absolute atomic E-state index is 0.0914. The molecule has 0 spiro atoms. The average Bonchev–Trinajstić information content (AvgIpc) is 2.89. The fourth-order valence-corrected chi connectivity index (χ4v) is 3.18. The van der Waals surface area contributed by atoms with Crippen molar-refractivity contribution in [1.82, 2.24) is 9.47 Å². The van der Waals surface area contributed by atoms with Gasteiger partial charge in [0.2, 0.25) is 0 Å². The van der Waals surface area contributed by atoms with E-state index in [9.17, 15) is 4.79 Å². The Balaban J connectivity index is 1.85. The summed E-state index contributed by atoms with van der Waals surface area (Å²) in [7, 11) is 0. The van der Waals surface area contributed by atoms with Crippen molar-refractivity contribution in [2.75, 3.05) is 6.54 Å². The molecule has 0 N–H and O–H groups in total. The van der Waals surface area contributed by atoms with Crippen LogP contribution in [0.2, 0.25) is 0 Å². The number of fused-ring (bicyclic) bond motifs is 1. The van der Waals surface area contributed by atoms with E-state index in [2.05, 4.69) is 30.5 Å². The Morgan fingerprint density at radius 3 is 2.57 bits per heavy atom. The van der Waals surface area contributed by atoms with Crippen molar-refractivity contribution in [3.8, 4) is 0 Å². The van der Waals surface area contributed by atoms with Crippen molar-refractivity contribution in [2.45, 2.75) is 32.3 Å². The molecule has 0 fully saturated rings. The van der Waals surface area contributed by atoms with E-state index in [-0.39, 0.29) is 11.9 Å². The van der Waals surface area contributed by atoms with Gasteiger partial charge in [0.15, 0.2) is 0 Å². The predicted molar refractivity (Wildman–Crippen MR) is 84.6 cm³/mol. The number of aryl methyl sites for hydroxylation is 1. The molecule has 1 aromatic carbocycles. The molecule has 3 nitrogen and oxygen atoms in total. The lowest BCUT2D eigenvalue weighted by atomic mass is 10.1. The van der Waals surface area contributed by atoms with Gasteiger partial charge in [-0.1, -0.05) is 12.1 Å². The van der Waals surface area contributed by atoms with Gasteiger partial charge < -0.3 is 9.47 Å². The lowest BCUT2D eigenvalue weighted by Gasteiger charge is -2.35. The van der Waals surface area contributed by atoms with Crippen LogP contribution in [0.5, 0.6) is 0 Å². The van der Waals surface area contributed by atoms with Gasteiger partial charge >= 0.3 is 0 Å². The molecule has 0 bridgehead atoms. The highest BCUT2D eigenvalue weighted by atomic mass is 35.5. The van der Waals surface area contributed by atoms with Gasteiger partial charge in [-0.2, -0.15) is 0 Å². The van der Waals surface area contributed by atoms with Gasteiger partial charge in [0.05, 0.1) is 6.04 Å². The van der Waals surface area contributed by atoms with E-state index in [0.29, 0.717) is 5.88 Å². The van der Waals surface area contributed by atoms with Gasteiger partial charge in [-0.15, -0.1) is 11.6 Å². The van der Waals surface area contributed by atoms with Crippen LogP contribution in [0, 0.1) is 6.92 Å². The Kier molecular flexibility index (Phi) is 3.77. The first-order valence-corrected chi connectivity index (χ1v) is 7.77. The fourth-order valence-electron chi connectivity index (χ4n) is 3.00. The van der Waals surface area contributed by atoms with Crippen LogP contribution in [-0.2, 0) is 12.4 Å². The summed E-state index contributed by atoms with van der Waals surface area (Å²) in [5.41, 5.74) is 4.23. The third kappa shape index (κ3) is 2.46. The Bertz CT molecular complexity index is 660. The Morgan fingerprint density at radius 2 is 1.90 bits per heavy atom. The molecule has 2 heterocycles. The number of aromatic nitrogens is 1. The van der Waals surface area contributed by atoms with Crippen LogP contribution in [0.1, 0.15) is 40.3 Å². The molecule has 0 aliphatic carbocycles. The summed E-state index contributed by atoms with van der Waals surface area (Å²) in [6.07, 6.45) is 0. The quantitative estimate of drug-likeness (QED) is 0.776. The SMILES string of the molecule is Cc1ccc2n1CCN(C(=O)c1ccc(CCl)cc1)C2C. The van der Waals surface area contributed by atoms with Crippen LogP contribution in [0.3, 0.4) is 0 Å². The third-order valence-corrected chi connectivity index (χ3v) is 4.62. The molecule has 1 aromatic heterocycles. The van der Waals surface area contributed by atoms with Crippen molar-refractivity contribution in [3.63, 3.8) is 0 Å². The summed E-state index contributed by atoms with van der Waals surface area (Å²) < 4.78 is 2.30. The Hall–Kier alpha value is -1.74. The number of alkyl halides is 1. The van der Waals surface area contributed by atoms with Crippen LogP contribution >= 0.6 is 11.6 Å². The van der Waals surface area contributed by atoms with Crippen molar-refractivity contribution in [3.05, 3.63) is 58.9 Å². The topological polar surface area (TPSA) is 25.2 Å². The van der Waals surface area contributed by atoms with Crippen molar-refractivity contribution >= 4 is 17.5 Å². The van der Waals surface area contributed by atoms with Crippen LogP contribution < -0.4 is 0 Å². The van der Waals surface area contributed by atoms with E-state index in [4.69, 9.17) is 11.6 Å². The summed E-state index contributed by atoms with van der Waals surface area (Å²) in [5, 5.41) is 0. The minimum Gasteiger partial charge on any atom is -0.345 e. The second kappa shape index (κ2) is 5.57. The Labute approximate surface area is 130 Å². The summed E-state index contributed by atoms with van der Waals surface area (Å²) in [6.45, 7) is 5.82. The molecule has 0 saturated carbocycles. The van der Waals surface area contributed by atoms with Crippen molar-refractivity contribution in [1.29, 1.82) is 0 Å². The lowest BCUT2D eigenvalue weighted by Crippen LogP contribution is -2.41. The maximum Gasteiger partial charge on any atom is 0.254 e. The predicted octanol–water partition coefficient (Wildman–Crippen LogP) is 3.75. The molecule has 1 amide bonds. The highest BCUT2D eigenvalue weighted by Gasteiger charge is 2.28. The molecule has 0 saturated heterocycles. The number of benzene rings is 1. The summed E-state index contributed by atoms with van der Waals surface area (Å²) in [4.78, 5) is 14.7. The third-order valence-electron chi connectivity index (χ3n) is 4.31. The second-order valence-corrected chi connectivity index (χ2v) is 5.82. The number of hydrogen-bond donors (Lipinski definition) is 0. The fraction of sp³-hybridized carbons (Fsp3) is 0.353. The zero-order valence-corrected chi connectivity index (χ0v) is 13.1. The van der Waals surface area contributed by atoms with Gasteiger partial charge in [-0.25, -0.2) is 0 Å². The van der Waals surface area contributed by atoms with E-state index in [1.54, 1.807) is 0 Å². The molecular weight excluding hydrogens is 284 g/mol. The summed E-state index contributed by atoms with van der Waals surface area (Å²) >= 11 is 5.79. The number of nitrogens with zero attached hydrogens (tertiary/aromatic N) is 2. The average molecular weight is 303 g/mol. The van der Waals surface area contributed by atoms with Gasteiger partial charge in [-0.05, 0) is 43.7 Å². The Morgan fingerprint density at radius 1 is 1.19 bits per heavy atom. The molecule has 0 radical (unpaired) electrons. The molecule has 3 rings (SSSR count). The standard InChI is InChI=1S/C17H19ClN2O/c1-12-3-8-16-13(2)20(10-9-19(12)16)17(21)15-6-4-14(11-18)5-7-15/h3-8,13H,9-11H2,1-2H3. The highest BCUT2D eigenvalue weighted by Crippen LogP contribution is 2.28. The first-order valence-electron chi connectivity index (χ1n) is 7.23. The number of halogens is 1. The molecule has 1 unspecified atom stereocenters. The monoisotopic (exact) mass is 302 g/mol. The largest absolute Gasteiger partial charge is 0.345 e. The summed E-state index contributed by atoms with van der Waals surface area (Å²) in [6, 6.07) is 11.9. The van der Waals surface area contributed by atoms with E-state index in [0.717, 1.165) is 24.2 Å². The number of hydrogen-bond acceptors (Lipinski definition) is 1. The molecule has 1 aliphatic heterocycles. The van der Waals surface area contributed by atoms with Crippen molar-refractivity contribution in [2.24, 2.45) is 0 Å². The normalized spacial score (nSPS) is 17.7. The molecule has 1 aliphatic rings. The van der Waals surface area contributed by atoms with Gasteiger partial charge in [0.25, 0.3) is 5.91 Å². The van der Waals surface area contributed by atoms with Crippen molar-refractivity contribution < 1.29 is 4.79 Å². The maximum atomic E-state index is 12.7. The molecule has 2 aromatic rings. The molecule has 110 valence electrons. The first kappa shape index (κ1) is 14.2. The molecule has 1 atom stereocenters. The highest BCUT2D eigenvalue weighted by molar-refractivity contribution is 6.17. The van der Waals surface area contributed by atoms with Crippen LogP contribution in [-0.4, -0.2) is 21.9 Å². The molecule has 4 heteroatoms. The van der Waals surface area contributed by atoms with E-state index in [1.165, 1.54) is 11.4 Å². The number of amides is 1. The second-order valence-electron chi connectivity index (χ2n) is 5.56. The lowest BCUT2D eigenvalue weighted by molar-refractivity contribution is 0.0643. The number of rotatable bonds is 2. The van der Waals surface area contributed by atoms with Crippen LogP contribution in [0.4, 0.5) is 0 Å². The van der Waals surface area contributed by atoms with Gasteiger partial charge in [0.1, 0.15) is 0 Å². The number of carbonyl (C=O) groups is 1. The van der Waals surface area contributed by atoms with E-state index in [1.807, 2.05) is 29.2 Å². The minimum atomic E-state index is 0.0914. The molecular formula is C17H19ClN2O. The zero-order chi connectivity index (χ0) is 15.0. The number of carbonyl (C=O) groups excluding carboxylic acids is 1. The van der Waals surface area contributed by atoms with E-state index < -0.39 is 0 Å². The maximum absolute atomic E-state index is 12.7. The van der Waals surface area contributed by atoms with Gasteiger partial charge in [-0.3, -0.25) is 4.79 Å². The summed E-state index contributed by atoms with van der Waals surface area (Å²) in [5.74, 6) is 0.565. The smallest absolute Gasteiger partial charge is 0.254 e. The van der Waals surface area contributed by atoms with Gasteiger partial charge in [0, 0.05) is 35.9 Å².